The Bertz CT molecular complexity index is 434. The minimum Gasteiger partial charge on any atom is -0.370 e. The number of hydrogen-bond acceptors (Lipinski definition) is 3. The quantitative estimate of drug-likeness (QED) is 0.883. The van der Waals surface area contributed by atoms with E-state index in [1.165, 1.54) is 11.1 Å². The van der Waals surface area contributed by atoms with Crippen LogP contribution in [0.25, 0.3) is 0 Å². The molecule has 0 radical (unpaired) electrons. The minimum atomic E-state index is 0.327. The molecule has 0 saturated heterocycles. The highest BCUT2D eigenvalue weighted by Gasteiger charge is 2.26. The molecular weight excluding hydrogens is 234 g/mol. The molecule has 0 aliphatic carbocycles. The molecule has 19 heavy (non-hydrogen) atoms. The first-order valence-electron chi connectivity index (χ1n) is 7.27. The maximum atomic E-state index is 5.96. The number of aliphatic imine (C=N–C) groups is 1. The first-order chi connectivity index (χ1) is 9.11. The van der Waals surface area contributed by atoms with Crippen LogP contribution >= 0.6 is 0 Å². The van der Waals surface area contributed by atoms with Gasteiger partial charge in [-0.2, -0.15) is 0 Å². The molecule has 3 nitrogen and oxygen atoms in total. The molecule has 0 saturated carbocycles. The van der Waals surface area contributed by atoms with E-state index in [0.717, 1.165) is 25.9 Å². The van der Waals surface area contributed by atoms with Crippen molar-refractivity contribution in [3.05, 3.63) is 35.4 Å². The van der Waals surface area contributed by atoms with Gasteiger partial charge in [0.2, 0.25) is 0 Å². The Hall–Kier alpha value is -1.51. The summed E-state index contributed by atoms with van der Waals surface area (Å²) in [6.45, 7) is 8.45. The molecule has 1 unspecified atom stereocenters. The van der Waals surface area contributed by atoms with Gasteiger partial charge in [0.25, 0.3) is 0 Å². The van der Waals surface area contributed by atoms with E-state index < -0.39 is 0 Å². The van der Waals surface area contributed by atoms with Gasteiger partial charge in [-0.15, -0.1) is 0 Å². The zero-order chi connectivity index (χ0) is 13.8. The van der Waals surface area contributed by atoms with Crippen LogP contribution < -0.4 is 5.73 Å². The van der Waals surface area contributed by atoms with Crippen LogP contribution in [-0.4, -0.2) is 23.9 Å². The Morgan fingerprint density at radius 3 is 2.58 bits per heavy atom. The second kappa shape index (κ2) is 6.09. The van der Waals surface area contributed by atoms with Crippen LogP contribution in [0.2, 0.25) is 0 Å². The van der Waals surface area contributed by atoms with E-state index in [-0.39, 0.29) is 0 Å². The fourth-order valence-corrected chi connectivity index (χ4v) is 2.67. The van der Waals surface area contributed by atoms with Crippen molar-refractivity contribution in [1.82, 2.24) is 4.90 Å². The highest BCUT2D eigenvalue weighted by atomic mass is 15.3. The summed E-state index contributed by atoms with van der Waals surface area (Å²) in [5.41, 5.74) is 8.70. The van der Waals surface area contributed by atoms with Gasteiger partial charge in [0.1, 0.15) is 0 Å². The second-order valence-corrected chi connectivity index (χ2v) is 5.75. The summed E-state index contributed by atoms with van der Waals surface area (Å²) in [5, 5.41) is 0. The van der Waals surface area contributed by atoms with Crippen LogP contribution in [0.4, 0.5) is 0 Å². The van der Waals surface area contributed by atoms with E-state index in [9.17, 15) is 0 Å². The predicted molar refractivity (Wildman–Crippen MR) is 81.2 cm³/mol. The fourth-order valence-electron chi connectivity index (χ4n) is 2.67. The molecule has 1 aromatic carbocycles. The monoisotopic (exact) mass is 259 g/mol. The summed E-state index contributed by atoms with van der Waals surface area (Å²) in [4.78, 5) is 6.60. The number of rotatable bonds is 5. The lowest BCUT2D eigenvalue weighted by molar-refractivity contribution is 0.347. The molecule has 0 fully saturated rings. The maximum Gasteiger partial charge on any atom is 0.191 e. The third-order valence-corrected chi connectivity index (χ3v) is 3.57. The van der Waals surface area contributed by atoms with Gasteiger partial charge in [0.15, 0.2) is 5.96 Å². The molecule has 1 aromatic rings. The molecule has 0 amide bonds. The van der Waals surface area contributed by atoms with Crippen LogP contribution in [0, 0.1) is 5.92 Å². The first-order valence-corrected chi connectivity index (χ1v) is 7.27. The minimum absolute atomic E-state index is 0.327. The third-order valence-electron chi connectivity index (χ3n) is 3.57. The molecule has 1 aliphatic rings. The lowest BCUT2D eigenvalue weighted by atomic mass is 9.99. The van der Waals surface area contributed by atoms with Gasteiger partial charge in [-0.25, -0.2) is 0 Å². The molecule has 0 bridgehead atoms. The first kappa shape index (κ1) is 13.9. The Labute approximate surface area is 116 Å². The topological polar surface area (TPSA) is 41.6 Å². The number of hydrogen-bond donors (Lipinski definition) is 1. The highest BCUT2D eigenvalue weighted by molar-refractivity contribution is 5.80. The van der Waals surface area contributed by atoms with E-state index in [4.69, 9.17) is 5.73 Å². The van der Waals surface area contributed by atoms with Gasteiger partial charge in [-0.05, 0) is 29.9 Å². The number of nitrogens with zero attached hydrogens (tertiary/aromatic N) is 2. The molecule has 1 atom stereocenters. The second-order valence-electron chi connectivity index (χ2n) is 5.75. The summed E-state index contributed by atoms with van der Waals surface area (Å²) < 4.78 is 0. The molecular formula is C16H25N3. The van der Waals surface area contributed by atoms with Crippen molar-refractivity contribution in [1.29, 1.82) is 0 Å². The lowest BCUT2D eigenvalue weighted by Crippen LogP contribution is -2.36. The van der Waals surface area contributed by atoms with E-state index in [0.29, 0.717) is 17.9 Å². The number of guanidine groups is 1. The Morgan fingerprint density at radius 1 is 1.32 bits per heavy atom. The van der Waals surface area contributed by atoms with Gasteiger partial charge < -0.3 is 10.6 Å². The highest BCUT2D eigenvalue weighted by Crippen LogP contribution is 2.26. The van der Waals surface area contributed by atoms with E-state index in [2.05, 4.69) is 54.9 Å². The SMILES string of the molecule is CCCN1C(N)=NCC1c1ccc(CC(C)C)cc1. The van der Waals surface area contributed by atoms with Crippen LogP contribution in [0.5, 0.6) is 0 Å². The summed E-state index contributed by atoms with van der Waals surface area (Å²) in [6, 6.07) is 9.29. The molecule has 3 heteroatoms. The zero-order valence-electron chi connectivity index (χ0n) is 12.3. The van der Waals surface area contributed by atoms with Crippen LogP contribution in [0.3, 0.4) is 0 Å². The van der Waals surface area contributed by atoms with E-state index in [1.807, 2.05) is 0 Å². The standard InChI is InChI=1S/C16H25N3/c1-4-9-19-15(11-18-16(19)17)14-7-5-13(6-8-14)10-12(2)3/h5-8,12,15H,4,9-11H2,1-3H3,(H2,17,18). The van der Waals surface area contributed by atoms with Crippen molar-refractivity contribution in [2.24, 2.45) is 16.6 Å². The molecule has 2 rings (SSSR count). The van der Waals surface area contributed by atoms with Crippen molar-refractivity contribution in [3.8, 4) is 0 Å². The van der Waals surface area contributed by atoms with Crippen LogP contribution in [0.1, 0.15) is 44.4 Å². The van der Waals surface area contributed by atoms with Gasteiger partial charge in [0, 0.05) is 6.54 Å². The molecule has 1 heterocycles. The van der Waals surface area contributed by atoms with Gasteiger partial charge in [-0.1, -0.05) is 45.0 Å². The van der Waals surface area contributed by atoms with Crippen molar-refractivity contribution < 1.29 is 0 Å². The zero-order valence-corrected chi connectivity index (χ0v) is 12.3. The molecule has 1 aliphatic heterocycles. The summed E-state index contributed by atoms with van der Waals surface area (Å²) in [6.07, 6.45) is 2.24. The molecule has 0 aromatic heterocycles. The van der Waals surface area contributed by atoms with Crippen LogP contribution in [-0.2, 0) is 6.42 Å². The summed E-state index contributed by atoms with van der Waals surface area (Å²) >= 11 is 0. The lowest BCUT2D eigenvalue weighted by Gasteiger charge is -2.26. The average molecular weight is 259 g/mol. The summed E-state index contributed by atoms with van der Waals surface area (Å²) in [5.74, 6) is 1.39. The van der Waals surface area contributed by atoms with Gasteiger partial charge in [0.05, 0.1) is 12.6 Å². The van der Waals surface area contributed by atoms with E-state index in [1.54, 1.807) is 0 Å². The molecule has 0 spiro atoms. The molecule has 104 valence electrons. The normalized spacial score (nSPS) is 19.1. The largest absolute Gasteiger partial charge is 0.370 e. The van der Waals surface area contributed by atoms with Gasteiger partial charge in [-0.3, -0.25) is 4.99 Å². The van der Waals surface area contributed by atoms with Crippen molar-refractivity contribution in [2.75, 3.05) is 13.1 Å². The average Bonchev–Trinajstić information content (AvgIpc) is 2.72. The van der Waals surface area contributed by atoms with E-state index >= 15 is 0 Å². The van der Waals surface area contributed by atoms with Crippen LogP contribution in [0.15, 0.2) is 29.3 Å². The smallest absolute Gasteiger partial charge is 0.191 e. The van der Waals surface area contributed by atoms with Crippen molar-refractivity contribution in [2.45, 2.75) is 39.7 Å². The Morgan fingerprint density at radius 2 is 2.00 bits per heavy atom. The van der Waals surface area contributed by atoms with Crippen molar-refractivity contribution in [3.63, 3.8) is 0 Å². The third kappa shape index (κ3) is 3.28. The predicted octanol–water partition coefficient (Wildman–Crippen LogP) is 2.97. The Balaban J connectivity index is 2.09. The van der Waals surface area contributed by atoms with Gasteiger partial charge >= 0.3 is 0 Å². The van der Waals surface area contributed by atoms with Crippen molar-refractivity contribution >= 4 is 5.96 Å². The molecule has 2 N–H and O–H groups in total. The Kier molecular flexibility index (Phi) is 4.46. The fraction of sp³-hybridized carbons (Fsp3) is 0.562. The number of nitrogens with two attached hydrogens (primary N) is 1. The number of benzene rings is 1. The maximum absolute atomic E-state index is 5.96. The summed E-state index contributed by atoms with van der Waals surface area (Å²) in [7, 11) is 0.